The highest BCUT2D eigenvalue weighted by molar-refractivity contribution is 7.93. The maximum atomic E-state index is 12.7. The Kier molecular flexibility index (Phi) is 4.03. The van der Waals surface area contributed by atoms with Crippen LogP contribution in [-0.4, -0.2) is 18.9 Å². The van der Waals surface area contributed by atoms with Gasteiger partial charge in [-0.3, -0.25) is 0 Å². The number of pyridine rings is 1. The second-order valence-corrected chi connectivity index (χ2v) is 5.52. The molecule has 1 heterocycles. The van der Waals surface area contributed by atoms with Crippen LogP contribution in [0.1, 0.15) is 0 Å². The Morgan fingerprint density at radius 1 is 1.00 bits per heavy atom. The van der Waals surface area contributed by atoms with Crippen LogP contribution in [-0.2, 0) is 10.0 Å². The van der Waals surface area contributed by atoms with E-state index in [9.17, 15) is 21.6 Å². The van der Waals surface area contributed by atoms with Gasteiger partial charge in [-0.05, 0) is 18.2 Å². The lowest BCUT2D eigenvalue weighted by molar-refractivity contribution is -0.0456. The van der Waals surface area contributed by atoms with Crippen LogP contribution in [0.4, 0.5) is 18.9 Å². The van der Waals surface area contributed by atoms with Gasteiger partial charge in [-0.2, -0.15) is 21.6 Å². The molecule has 21 heavy (non-hydrogen) atoms. The molecule has 0 atom stereocenters. The van der Waals surface area contributed by atoms with Crippen molar-refractivity contribution in [3.05, 3.63) is 54.7 Å². The fourth-order valence-corrected chi connectivity index (χ4v) is 2.13. The molecule has 0 saturated carbocycles. The van der Waals surface area contributed by atoms with E-state index in [0.717, 1.165) is 0 Å². The Hall–Kier alpha value is -2.29. The molecule has 0 fully saturated rings. The molecule has 1 aromatic carbocycles. The second-order valence-electron chi connectivity index (χ2n) is 3.77. The van der Waals surface area contributed by atoms with Crippen LogP contribution in [0, 0.1) is 0 Å². The minimum atomic E-state index is -5.72. The molecule has 0 unspecified atom stereocenters. The van der Waals surface area contributed by atoms with Crippen LogP contribution in [0.5, 0.6) is 5.88 Å². The topological polar surface area (TPSA) is 59.5 Å². The van der Waals surface area contributed by atoms with Crippen molar-refractivity contribution in [1.29, 1.82) is 0 Å². The van der Waals surface area contributed by atoms with Crippen LogP contribution < -0.4 is 9.31 Å². The SMILES string of the molecule is O=S(=O)(N(Oc1ccccn1)c1ccccc1)C(F)(F)F. The number of aromatic nitrogens is 1. The molecule has 2 aromatic rings. The molecule has 0 aliphatic heterocycles. The molecule has 1 aromatic heterocycles. The monoisotopic (exact) mass is 318 g/mol. The Labute approximate surface area is 118 Å². The average Bonchev–Trinajstić information content (AvgIpc) is 2.45. The first kappa shape index (κ1) is 15.1. The van der Waals surface area contributed by atoms with Crippen molar-refractivity contribution in [2.45, 2.75) is 5.51 Å². The van der Waals surface area contributed by atoms with Gasteiger partial charge in [0, 0.05) is 12.3 Å². The van der Waals surface area contributed by atoms with Crippen LogP contribution in [0.3, 0.4) is 0 Å². The van der Waals surface area contributed by atoms with Gasteiger partial charge in [0.25, 0.3) is 0 Å². The molecule has 0 aliphatic rings. The van der Waals surface area contributed by atoms with E-state index in [0.29, 0.717) is 0 Å². The largest absolute Gasteiger partial charge is 0.519 e. The van der Waals surface area contributed by atoms with E-state index in [2.05, 4.69) is 4.98 Å². The number of anilines is 1. The predicted molar refractivity (Wildman–Crippen MR) is 68.8 cm³/mol. The van der Waals surface area contributed by atoms with E-state index in [1.165, 1.54) is 54.7 Å². The predicted octanol–water partition coefficient (Wildman–Crippen LogP) is 2.73. The van der Waals surface area contributed by atoms with E-state index in [1.807, 2.05) is 0 Å². The van der Waals surface area contributed by atoms with Crippen molar-refractivity contribution in [1.82, 2.24) is 4.98 Å². The van der Waals surface area contributed by atoms with Crippen LogP contribution in [0.2, 0.25) is 0 Å². The van der Waals surface area contributed by atoms with Gasteiger partial charge in [0.2, 0.25) is 5.88 Å². The summed E-state index contributed by atoms with van der Waals surface area (Å²) < 4.78 is 61.2. The molecular formula is C12H9F3N2O3S. The average molecular weight is 318 g/mol. The van der Waals surface area contributed by atoms with Gasteiger partial charge in [0.1, 0.15) is 0 Å². The number of rotatable bonds is 4. The van der Waals surface area contributed by atoms with Gasteiger partial charge in [-0.25, -0.2) is 4.98 Å². The molecule has 0 amide bonds. The normalized spacial score (nSPS) is 12.0. The quantitative estimate of drug-likeness (QED) is 0.813. The Morgan fingerprint density at radius 3 is 2.14 bits per heavy atom. The first-order chi connectivity index (χ1) is 9.82. The van der Waals surface area contributed by atoms with E-state index in [1.54, 1.807) is 0 Å². The summed E-state index contributed by atoms with van der Waals surface area (Å²) in [4.78, 5) is 8.45. The van der Waals surface area contributed by atoms with Gasteiger partial charge in [0.15, 0.2) is 0 Å². The van der Waals surface area contributed by atoms with Crippen molar-refractivity contribution in [3.63, 3.8) is 0 Å². The highest BCUT2D eigenvalue weighted by Crippen LogP contribution is 2.31. The van der Waals surface area contributed by atoms with Crippen LogP contribution >= 0.6 is 0 Å². The van der Waals surface area contributed by atoms with Crippen molar-refractivity contribution < 1.29 is 26.4 Å². The van der Waals surface area contributed by atoms with E-state index in [-0.39, 0.29) is 16.0 Å². The maximum Gasteiger partial charge on any atom is 0.519 e. The smallest absolute Gasteiger partial charge is 0.344 e. The summed E-state index contributed by atoms with van der Waals surface area (Å²) in [5.41, 5.74) is -5.79. The molecule has 0 saturated heterocycles. The van der Waals surface area contributed by atoms with Gasteiger partial charge >= 0.3 is 15.5 Å². The molecule has 0 N–H and O–H groups in total. The third kappa shape index (κ3) is 3.24. The number of alkyl halides is 3. The maximum absolute atomic E-state index is 12.7. The molecule has 112 valence electrons. The van der Waals surface area contributed by atoms with Crippen molar-refractivity contribution in [3.8, 4) is 5.88 Å². The highest BCUT2D eigenvalue weighted by atomic mass is 32.2. The molecule has 0 bridgehead atoms. The molecule has 0 radical (unpaired) electrons. The minimum Gasteiger partial charge on any atom is -0.344 e. The molecule has 2 rings (SSSR count). The third-order valence-corrected chi connectivity index (χ3v) is 3.60. The zero-order chi connectivity index (χ0) is 15.5. The summed E-state index contributed by atoms with van der Waals surface area (Å²) in [5.74, 6) is -0.283. The zero-order valence-corrected chi connectivity index (χ0v) is 11.2. The van der Waals surface area contributed by atoms with Crippen LogP contribution in [0.15, 0.2) is 54.7 Å². The summed E-state index contributed by atoms with van der Waals surface area (Å²) in [5, 5.41) is 0. The van der Waals surface area contributed by atoms with Crippen molar-refractivity contribution >= 4 is 15.7 Å². The molecule has 0 spiro atoms. The summed E-state index contributed by atoms with van der Waals surface area (Å²) in [6.07, 6.45) is 1.26. The van der Waals surface area contributed by atoms with Crippen molar-refractivity contribution in [2.75, 3.05) is 4.47 Å². The number of para-hydroxylation sites is 1. The summed E-state index contributed by atoms with van der Waals surface area (Å²) in [6, 6.07) is 10.8. The Balaban J connectivity index is 2.46. The van der Waals surface area contributed by atoms with Gasteiger partial charge < -0.3 is 4.84 Å². The lowest BCUT2D eigenvalue weighted by Gasteiger charge is -2.23. The fourth-order valence-electron chi connectivity index (χ4n) is 1.37. The summed E-state index contributed by atoms with van der Waals surface area (Å²) >= 11 is 0. The molecule has 9 heteroatoms. The molecule has 5 nitrogen and oxygen atoms in total. The summed E-state index contributed by atoms with van der Waals surface area (Å²) in [7, 11) is -5.72. The third-order valence-electron chi connectivity index (χ3n) is 2.29. The van der Waals surface area contributed by atoms with E-state index < -0.39 is 15.5 Å². The standard InChI is InChI=1S/C12H9F3N2O3S/c13-12(14,15)21(18,19)17(10-6-2-1-3-7-10)20-11-8-4-5-9-16-11/h1-9H. The first-order valence-electron chi connectivity index (χ1n) is 5.58. The lowest BCUT2D eigenvalue weighted by atomic mass is 10.3. The number of benzene rings is 1. The van der Waals surface area contributed by atoms with Gasteiger partial charge in [-0.1, -0.05) is 28.7 Å². The fraction of sp³-hybridized carbons (Fsp3) is 0.0833. The molecular weight excluding hydrogens is 309 g/mol. The van der Waals surface area contributed by atoms with Crippen molar-refractivity contribution in [2.24, 2.45) is 0 Å². The van der Waals surface area contributed by atoms with E-state index >= 15 is 0 Å². The number of hydrogen-bond donors (Lipinski definition) is 0. The Morgan fingerprint density at radius 2 is 1.62 bits per heavy atom. The highest BCUT2D eigenvalue weighted by Gasteiger charge is 2.52. The van der Waals surface area contributed by atoms with E-state index in [4.69, 9.17) is 4.84 Å². The number of halogens is 3. The number of sulfonamides is 1. The van der Waals surface area contributed by atoms with Gasteiger partial charge in [-0.15, -0.1) is 0 Å². The van der Waals surface area contributed by atoms with Crippen LogP contribution in [0.25, 0.3) is 0 Å². The number of hydrogen-bond acceptors (Lipinski definition) is 4. The minimum absolute atomic E-state index is 0.199. The Bertz CT molecular complexity index is 691. The second kappa shape index (κ2) is 5.60. The summed E-state index contributed by atoms with van der Waals surface area (Å²) in [6.45, 7) is 0. The molecule has 0 aliphatic carbocycles. The number of nitrogens with zero attached hydrogens (tertiary/aromatic N) is 2. The van der Waals surface area contributed by atoms with Gasteiger partial charge in [0.05, 0.1) is 5.69 Å². The first-order valence-corrected chi connectivity index (χ1v) is 7.02. The zero-order valence-electron chi connectivity index (χ0n) is 10.4. The lowest BCUT2D eigenvalue weighted by Crippen LogP contribution is -2.43.